The zero-order valence-electron chi connectivity index (χ0n) is 5.30. The molecule has 0 heterocycles. The van der Waals surface area contributed by atoms with Gasteiger partial charge in [-0.25, -0.2) is 9.78 Å². The van der Waals surface area contributed by atoms with E-state index in [0.717, 1.165) is 14.2 Å². The minimum Gasteiger partial charge on any atom is -0.753 e. The predicted molar refractivity (Wildman–Crippen MR) is 23.8 cm³/mol. The first-order valence-corrected chi connectivity index (χ1v) is 3.34. The fourth-order valence-corrected chi connectivity index (χ4v) is 0.585. The van der Waals surface area contributed by atoms with Crippen LogP contribution in [0.4, 0.5) is 0 Å². The molecule has 8 heteroatoms. The van der Waals surface area contributed by atoms with Crippen LogP contribution in [0.15, 0.2) is 0 Å². The van der Waals surface area contributed by atoms with Gasteiger partial charge in [0.05, 0.1) is 14.2 Å². The number of rotatable bonds is 4. The first kappa shape index (κ1) is 13.2. The first-order valence-electron chi connectivity index (χ1n) is 1.88. The third-order valence-corrected chi connectivity index (χ3v) is 0.995. The van der Waals surface area contributed by atoms with E-state index in [-0.39, 0.29) is 17.4 Å². The second-order valence-electron chi connectivity index (χ2n) is 0.930. The van der Waals surface area contributed by atoms with Gasteiger partial charge in [0, 0.05) is 0 Å². The molecule has 0 N–H and O–H groups in total. The van der Waals surface area contributed by atoms with Crippen LogP contribution in [0.5, 0.6) is 0 Å². The van der Waals surface area contributed by atoms with E-state index in [1.54, 1.807) is 0 Å². The monoisotopic (exact) mass is 209 g/mol. The van der Waals surface area contributed by atoms with Gasteiger partial charge < -0.3 is 4.89 Å². The van der Waals surface area contributed by atoms with E-state index < -0.39 is 7.82 Å². The molecule has 0 saturated carbocycles. The molecule has 0 atom stereocenters. The van der Waals surface area contributed by atoms with Crippen LogP contribution >= 0.6 is 7.82 Å². The van der Waals surface area contributed by atoms with E-state index in [2.05, 4.69) is 19.1 Å². The topological polar surface area (TPSA) is 77.1 Å². The summed E-state index contributed by atoms with van der Waals surface area (Å²) in [5.41, 5.74) is 0. The van der Waals surface area contributed by atoms with E-state index in [9.17, 15) is 9.46 Å². The molecular formula is C2H6CrO6P+. The molecule has 10 heavy (non-hydrogen) atoms. The Kier molecular flexibility index (Phi) is 8.28. The van der Waals surface area contributed by atoms with Crippen molar-refractivity contribution in [1.82, 2.24) is 0 Å². The van der Waals surface area contributed by atoms with Gasteiger partial charge in [0.15, 0.2) is 0 Å². The molecule has 0 spiro atoms. The normalized spacial score (nSPS) is 10.7. The average molecular weight is 209 g/mol. The van der Waals surface area contributed by atoms with Crippen LogP contribution < -0.4 is 4.89 Å². The summed E-state index contributed by atoms with van der Waals surface area (Å²) in [6.07, 6.45) is 0. The Morgan fingerprint density at radius 2 is 1.50 bits per heavy atom. The number of hydrogen-bond acceptors (Lipinski definition) is 6. The van der Waals surface area contributed by atoms with Crippen molar-refractivity contribution in [1.29, 1.82) is 0 Å². The van der Waals surface area contributed by atoms with Crippen molar-refractivity contribution in [3.63, 3.8) is 0 Å². The van der Waals surface area contributed by atoms with E-state index in [0.29, 0.717) is 0 Å². The van der Waals surface area contributed by atoms with Crippen LogP contribution in [-0.4, -0.2) is 14.2 Å². The largest absolute Gasteiger partial charge is 2.00 e. The quantitative estimate of drug-likeness (QED) is 0.356. The molecule has 0 fully saturated rings. The fraction of sp³-hybridized carbons (Fsp3) is 1.00. The van der Waals surface area contributed by atoms with Crippen molar-refractivity contribution >= 4 is 7.82 Å². The third kappa shape index (κ3) is 6.68. The minimum atomic E-state index is -4.39. The molecule has 0 bridgehead atoms. The van der Waals surface area contributed by atoms with Gasteiger partial charge in [-0.3, -0.25) is 4.57 Å². The molecule has 0 aromatic rings. The minimum absolute atomic E-state index is 0. The van der Waals surface area contributed by atoms with Gasteiger partial charge in [0.25, 0.3) is 0 Å². The van der Waals surface area contributed by atoms with E-state index in [1.807, 2.05) is 0 Å². The van der Waals surface area contributed by atoms with Crippen molar-refractivity contribution in [2.75, 3.05) is 14.2 Å². The summed E-state index contributed by atoms with van der Waals surface area (Å²) < 4.78 is 17.4. The Morgan fingerprint density at radius 3 is 1.70 bits per heavy atom. The Hall–Kier alpha value is 0.562. The fourth-order valence-electron chi connectivity index (χ4n) is 0.195. The van der Waals surface area contributed by atoms with Gasteiger partial charge in [-0.15, -0.1) is 0 Å². The van der Waals surface area contributed by atoms with Crippen molar-refractivity contribution in [3.05, 3.63) is 0 Å². The Labute approximate surface area is 68.6 Å². The van der Waals surface area contributed by atoms with Gasteiger partial charge in [0.1, 0.15) is 0 Å². The van der Waals surface area contributed by atoms with Crippen LogP contribution in [0.1, 0.15) is 0 Å². The summed E-state index contributed by atoms with van der Waals surface area (Å²) in [4.78, 5) is 17.7. The van der Waals surface area contributed by atoms with E-state index in [1.165, 1.54) is 0 Å². The van der Waals surface area contributed by atoms with Crippen molar-refractivity contribution < 1.29 is 45.9 Å². The number of hydrogen-bond donors (Lipinski definition) is 0. The van der Waals surface area contributed by atoms with E-state index >= 15 is 0 Å². The maximum Gasteiger partial charge on any atom is 2.00 e. The summed E-state index contributed by atoms with van der Waals surface area (Å²) >= 11 is 0. The summed E-state index contributed by atoms with van der Waals surface area (Å²) in [5, 5.41) is 0. The Bertz CT molecular complexity index is 106. The van der Waals surface area contributed by atoms with Gasteiger partial charge in [-0.05, 0) is 0 Å². The summed E-state index contributed by atoms with van der Waals surface area (Å²) in [7, 11) is -2.32. The number of phosphoric acid groups is 1. The standard InChI is InChI=1S/C2H7O6P.Cr/c1-5-7-9(3,4)8-6-2;/h1-2H3,(H,3,4);/q;+2/p-1. The van der Waals surface area contributed by atoms with Gasteiger partial charge in [-0.2, -0.15) is 9.35 Å². The average Bonchev–Trinajstić information content (AvgIpc) is 1.64. The predicted octanol–water partition coefficient (Wildman–Crippen LogP) is -0.392. The molecule has 6 nitrogen and oxygen atoms in total. The van der Waals surface area contributed by atoms with Crippen LogP contribution in [0, 0.1) is 0 Å². The Morgan fingerprint density at radius 1 is 1.20 bits per heavy atom. The molecule has 0 saturated heterocycles. The summed E-state index contributed by atoms with van der Waals surface area (Å²) in [6.45, 7) is 0. The van der Waals surface area contributed by atoms with Gasteiger partial charge in [-0.1, -0.05) is 0 Å². The molecule has 0 rings (SSSR count). The van der Waals surface area contributed by atoms with Crippen LogP contribution in [0.3, 0.4) is 0 Å². The van der Waals surface area contributed by atoms with Crippen LogP contribution in [0.25, 0.3) is 0 Å². The zero-order chi connectivity index (χ0) is 7.33. The first-order chi connectivity index (χ1) is 4.12. The second-order valence-corrected chi connectivity index (χ2v) is 2.12. The maximum atomic E-state index is 10.2. The van der Waals surface area contributed by atoms with Crippen molar-refractivity contribution in [2.24, 2.45) is 0 Å². The molecule has 0 aromatic heterocycles. The van der Waals surface area contributed by atoms with Gasteiger partial charge in [0.2, 0.25) is 0 Å². The second kappa shape index (κ2) is 6.28. The molecule has 0 amide bonds. The zero-order valence-corrected chi connectivity index (χ0v) is 7.47. The van der Waals surface area contributed by atoms with Crippen LogP contribution in [-0.2, 0) is 41.1 Å². The SMILES string of the molecule is COOP(=O)([O-])OOC.[Cr+2]. The van der Waals surface area contributed by atoms with Crippen molar-refractivity contribution in [2.45, 2.75) is 0 Å². The summed E-state index contributed by atoms with van der Waals surface area (Å²) in [6, 6.07) is 0. The Balaban J connectivity index is 0. The van der Waals surface area contributed by atoms with Crippen molar-refractivity contribution in [3.8, 4) is 0 Å². The molecule has 0 aliphatic rings. The van der Waals surface area contributed by atoms with Gasteiger partial charge >= 0.3 is 25.2 Å². The van der Waals surface area contributed by atoms with E-state index in [4.69, 9.17) is 0 Å². The molecular weight excluding hydrogens is 203 g/mol. The summed E-state index contributed by atoms with van der Waals surface area (Å²) in [5.74, 6) is 0. The van der Waals surface area contributed by atoms with Crippen LogP contribution in [0.2, 0.25) is 0 Å². The molecule has 60 valence electrons. The third-order valence-electron chi connectivity index (χ3n) is 0.332. The molecule has 0 radical (unpaired) electrons. The molecule has 0 aliphatic heterocycles. The molecule has 0 unspecified atom stereocenters. The maximum absolute atomic E-state index is 10.2. The molecule has 0 aromatic carbocycles. The molecule has 0 aliphatic carbocycles. The smallest absolute Gasteiger partial charge is 0.753 e.